The van der Waals surface area contributed by atoms with Gasteiger partial charge in [0.1, 0.15) is 11.6 Å². The van der Waals surface area contributed by atoms with E-state index in [1.54, 1.807) is 26.2 Å². The SMILES string of the molecule is CCS(=O)(=O)Nc1ccc(Oc2ccc(F)cc2F)c(-c2cn(C)c(=O)c3cc(-c4nc(C)no4)sc23)c1. The molecule has 0 bridgehead atoms. The molecule has 0 fully saturated rings. The third-order valence-corrected chi connectivity index (χ3v) is 8.09. The Labute approximate surface area is 219 Å². The Morgan fingerprint density at radius 3 is 2.55 bits per heavy atom. The Bertz CT molecular complexity index is 1860. The minimum atomic E-state index is -3.61. The molecular weight excluding hydrogens is 538 g/mol. The molecule has 9 nitrogen and oxygen atoms in total. The molecule has 3 aromatic heterocycles. The summed E-state index contributed by atoms with van der Waals surface area (Å²) in [7, 11) is -2.04. The van der Waals surface area contributed by atoms with Gasteiger partial charge in [-0.25, -0.2) is 17.2 Å². The molecule has 0 spiro atoms. The van der Waals surface area contributed by atoms with Crippen LogP contribution in [0.4, 0.5) is 14.5 Å². The Morgan fingerprint density at radius 2 is 1.87 bits per heavy atom. The van der Waals surface area contributed by atoms with Gasteiger partial charge < -0.3 is 13.8 Å². The van der Waals surface area contributed by atoms with Crippen molar-refractivity contribution in [3.63, 3.8) is 0 Å². The van der Waals surface area contributed by atoms with Crippen LogP contribution >= 0.6 is 11.3 Å². The number of rotatable bonds is 7. The molecule has 5 rings (SSSR count). The standard InChI is InChI=1S/C25H20F2N4O5S2/c1-4-38(33,34)30-15-6-8-20(35-21-7-5-14(26)9-19(21)27)16(10-15)18-12-31(3)25(32)17-11-22(37-23(17)18)24-28-13(2)29-36-24/h5-12,30H,4H2,1-3H3. The van der Waals surface area contributed by atoms with E-state index in [2.05, 4.69) is 14.9 Å². The van der Waals surface area contributed by atoms with Gasteiger partial charge in [0.2, 0.25) is 10.0 Å². The van der Waals surface area contributed by atoms with E-state index in [1.807, 2.05) is 0 Å². The largest absolute Gasteiger partial charge is 0.454 e. The molecule has 1 N–H and O–H groups in total. The van der Waals surface area contributed by atoms with Crippen molar-refractivity contribution in [2.45, 2.75) is 13.8 Å². The lowest BCUT2D eigenvalue weighted by molar-refractivity contribution is 0.426. The molecule has 0 aliphatic carbocycles. The number of anilines is 1. The number of aryl methyl sites for hydroxylation is 2. The first-order valence-corrected chi connectivity index (χ1v) is 13.7. The summed E-state index contributed by atoms with van der Waals surface area (Å²) in [4.78, 5) is 17.8. The summed E-state index contributed by atoms with van der Waals surface area (Å²) in [6, 6.07) is 9.01. The van der Waals surface area contributed by atoms with E-state index < -0.39 is 21.7 Å². The molecule has 196 valence electrons. The van der Waals surface area contributed by atoms with Crippen molar-refractivity contribution in [3.05, 3.63) is 76.5 Å². The number of sulfonamides is 1. The number of hydrogen-bond acceptors (Lipinski definition) is 8. The first-order valence-electron chi connectivity index (χ1n) is 11.3. The van der Waals surface area contributed by atoms with Crippen molar-refractivity contribution in [2.24, 2.45) is 7.05 Å². The first kappa shape index (κ1) is 25.5. The molecule has 0 atom stereocenters. The number of ether oxygens (including phenoxy) is 1. The van der Waals surface area contributed by atoms with Crippen molar-refractivity contribution in [2.75, 3.05) is 10.5 Å². The zero-order chi connectivity index (χ0) is 27.2. The highest BCUT2D eigenvalue weighted by Gasteiger charge is 2.21. The van der Waals surface area contributed by atoms with Gasteiger partial charge in [0.05, 0.1) is 20.7 Å². The molecular formula is C25H20F2N4O5S2. The molecule has 38 heavy (non-hydrogen) atoms. The zero-order valence-electron chi connectivity index (χ0n) is 20.3. The second-order valence-electron chi connectivity index (χ2n) is 8.35. The summed E-state index contributed by atoms with van der Waals surface area (Å²) < 4.78 is 67.9. The maximum Gasteiger partial charge on any atom is 0.268 e. The molecule has 0 unspecified atom stereocenters. The summed E-state index contributed by atoms with van der Waals surface area (Å²) in [5, 5.41) is 4.16. The second kappa shape index (κ2) is 9.65. The number of benzene rings is 2. The van der Waals surface area contributed by atoms with Gasteiger partial charge in [-0.3, -0.25) is 9.52 Å². The summed E-state index contributed by atoms with van der Waals surface area (Å²) in [5.41, 5.74) is 0.822. The predicted octanol–water partition coefficient (Wildman–Crippen LogP) is 5.46. The third kappa shape index (κ3) is 4.89. The van der Waals surface area contributed by atoms with Crippen molar-refractivity contribution in [1.29, 1.82) is 0 Å². The predicted molar refractivity (Wildman–Crippen MR) is 140 cm³/mol. The lowest BCUT2D eigenvalue weighted by Gasteiger charge is -2.16. The smallest absolute Gasteiger partial charge is 0.268 e. The van der Waals surface area contributed by atoms with E-state index in [0.717, 1.165) is 12.1 Å². The van der Waals surface area contributed by atoms with Gasteiger partial charge in [0, 0.05) is 36.1 Å². The van der Waals surface area contributed by atoms with Gasteiger partial charge in [-0.1, -0.05) is 5.16 Å². The highest BCUT2D eigenvalue weighted by Crippen LogP contribution is 2.43. The number of pyridine rings is 1. The van der Waals surface area contributed by atoms with E-state index in [1.165, 1.54) is 41.0 Å². The quantitative estimate of drug-likeness (QED) is 0.282. The third-order valence-electron chi connectivity index (χ3n) is 5.63. The molecule has 0 saturated heterocycles. The van der Waals surface area contributed by atoms with E-state index in [4.69, 9.17) is 9.26 Å². The Balaban J connectivity index is 1.74. The summed E-state index contributed by atoms with van der Waals surface area (Å²) in [6.45, 7) is 3.17. The maximum atomic E-state index is 14.5. The number of fused-ring (bicyclic) bond motifs is 1. The number of halogens is 2. The molecule has 2 aromatic carbocycles. The van der Waals surface area contributed by atoms with Gasteiger partial charge in [0.25, 0.3) is 11.4 Å². The number of thiophene rings is 1. The summed E-state index contributed by atoms with van der Waals surface area (Å²) >= 11 is 1.22. The van der Waals surface area contributed by atoms with Crippen LogP contribution in [0.15, 0.2) is 58.0 Å². The van der Waals surface area contributed by atoms with Gasteiger partial charge >= 0.3 is 0 Å². The van der Waals surface area contributed by atoms with Crippen LogP contribution in [-0.4, -0.2) is 28.9 Å². The lowest BCUT2D eigenvalue weighted by Crippen LogP contribution is -2.16. The maximum absolute atomic E-state index is 14.5. The van der Waals surface area contributed by atoms with Crippen LogP contribution in [0.1, 0.15) is 12.7 Å². The number of nitrogens with one attached hydrogen (secondary N) is 1. The number of aromatic nitrogens is 3. The fourth-order valence-electron chi connectivity index (χ4n) is 3.77. The van der Waals surface area contributed by atoms with Gasteiger partial charge in [-0.05, 0) is 50.2 Å². The van der Waals surface area contributed by atoms with Crippen molar-refractivity contribution >= 4 is 37.1 Å². The van der Waals surface area contributed by atoms with E-state index in [0.29, 0.717) is 38.0 Å². The molecule has 0 saturated carbocycles. The Kier molecular flexibility index (Phi) is 6.49. The zero-order valence-corrected chi connectivity index (χ0v) is 21.9. The average Bonchev–Trinajstić information content (AvgIpc) is 3.51. The average molecular weight is 559 g/mol. The fourth-order valence-corrected chi connectivity index (χ4v) is 5.49. The number of nitrogens with zero attached hydrogens (tertiary/aromatic N) is 3. The van der Waals surface area contributed by atoms with Crippen LogP contribution in [0.2, 0.25) is 0 Å². The van der Waals surface area contributed by atoms with Gasteiger partial charge in [-0.15, -0.1) is 11.3 Å². The van der Waals surface area contributed by atoms with Crippen LogP contribution < -0.4 is 15.0 Å². The molecule has 3 heterocycles. The second-order valence-corrected chi connectivity index (χ2v) is 11.4. The van der Waals surface area contributed by atoms with Gasteiger partial charge in [0.15, 0.2) is 17.4 Å². The molecule has 0 aliphatic rings. The van der Waals surface area contributed by atoms with Crippen LogP contribution in [0.25, 0.3) is 32.0 Å². The van der Waals surface area contributed by atoms with E-state index in [9.17, 15) is 22.0 Å². The minimum absolute atomic E-state index is 0.149. The first-order chi connectivity index (χ1) is 18.0. The Hall–Kier alpha value is -4.10. The normalized spacial score (nSPS) is 11.7. The molecule has 13 heteroatoms. The van der Waals surface area contributed by atoms with E-state index in [-0.39, 0.29) is 34.4 Å². The van der Waals surface area contributed by atoms with Crippen LogP contribution in [0.3, 0.4) is 0 Å². The summed E-state index contributed by atoms with van der Waals surface area (Å²) in [6.07, 6.45) is 1.57. The van der Waals surface area contributed by atoms with Crippen molar-refractivity contribution in [1.82, 2.24) is 14.7 Å². The van der Waals surface area contributed by atoms with Crippen LogP contribution in [0.5, 0.6) is 11.5 Å². The number of hydrogen-bond donors (Lipinski definition) is 1. The minimum Gasteiger partial charge on any atom is -0.454 e. The lowest BCUT2D eigenvalue weighted by atomic mass is 10.0. The van der Waals surface area contributed by atoms with Crippen molar-refractivity contribution in [3.8, 4) is 33.4 Å². The van der Waals surface area contributed by atoms with Crippen molar-refractivity contribution < 1.29 is 26.5 Å². The highest BCUT2D eigenvalue weighted by molar-refractivity contribution is 7.92. The monoisotopic (exact) mass is 558 g/mol. The fraction of sp³-hybridized carbons (Fsp3) is 0.160. The van der Waals surface area contributed by atoms with E-state index >= 15 is 0 Å². The molecule has 0 radical (unpaired) electrons. The molecule has 0 aliphatic heterocycles. The highest BCUT2D eigenvalue weighted by atomic mass is 32.2. The van der Waals surface area contributed by atoms with Crippen LogP contribution in [-0.2, 0) is 17.1 Å². The summed E-state index contributed by atoms with van der Waals surface area (Å²) in [5.74, 6) is -1.24. The van der Waals surface area contributed by atoms with Gasteiger partial charge in [-0.2, -0.15) is 4.98 Å². The van der Waals surface area contributed by atoms with Crippen LogP contribution in [0, 0.1) is 18.6 Å². The topological polar surface area (TPSA) is 116 Å². The Morgan fingerprint density at radius 1 is 1.11 bits per heavy atom. The molecule has 0 amide bonds. The molecule has 5 aromatic rings.